The van der Waals surface area contributed by atoms with E-state index >= 15 is 0 Å². The highest BCUT2D eigenvalue weighted by molar-refractivity contribution is 5.94. The molecule has 0 unspecified atom stereocenters. The lowest BCUT2D eigenvalue weighted by molar-refractivity contribution is -0.137. The fourth-order valence-electron chi connectivity index (χ4n) is 1.86. The van der Waals surface area contributed by atoms with Crippen LogP contribution in [0.15, 0.2) is 30.4 Å². The molecule has 0 aliphatic carbocycles. The molecule has 1 heterocycles. The number of carbonyl (C=O) groups excluding carboxylic acids is 1. The summed E-state index contributed by atoms with van der Waals surface area (Å²) in [7, 11) is 0. The quantitative estimate of drug-likeness (QED) is 0.568. The van der Waals surface area contributed by atoms with Crippen molar-refractivity contribution in [2.75, 3.05) is 13.1 Å². The Bertz CT molecular complexity index is 522. The van der Waals surface area contributed by atoms with Gasteiger partial charge < -0.3 is 4.90 Å². The normalized spacial score (nSPS) is 15.7. The Kier molecular flexibility index (Phi) is 3.59. The Labute approximate surface area is 107 Å². The van der Waals surface area contributed by atoms with Crippen molar-refractivity contribution in [3.8, 4) is 0 Å². The van der Waals surface area contributed by atoms with Crippen molar-refractivity contribution in [3.05, 3.63) is 47.3 Å². The lowest BCUT2D eigenvalue weighted by atomic mass is 10.1. The van der Waals surface area contributed by atoms with Gasteiger partial charge in [-0.15, -0.1) is 0 Å². The molecule has 0 fully saturated rings. The first-order valence-electron chi connectivity index (χ1n) is 5.70. The van der Waals surface area contributed by atoms with Gasteiger partial charge in [0, 0.05) is 13.1 Å². The van der Waals surface area contributed by atoms with Crippen molar-refractivity contribution >= 4 is 5.91 Å². The summed E-state index contributed by atoms with van der Waals surface area (Å²) in [5.41, 5.74) is -1.56. The van der Waals surface area contributed by atoms with Crippen molar-refractivity contribution in [3.63, 3.8) is 0 Å². The fraction of sp³-hybridized carbons (Fsp3) is 0.308. The predicted octanol–water partition coefficient (Wildman–Crippen LogP) is 3.25. The summed E-state index contributed by atoms with van der Waals surface area (Å²) >= 11 is 0. The maximum atomic E-state index is 13.5. The zero-order valence-electron chi connectivity index (χ0n) is 9.88. The van der Waals surface area contributed by atoms with Crippen LogP contribution < -0.4 is 0 Å². The highest BCUT2D eigenvalue weighted by Crippen LogP contribution is 2.30. The maximum absolute atomic E-state index is 13.5. The Morgan fingerprint density at radius 3 is 2.53 bits per heavy atom. The van der Waals surface area contributed by atoms with Crippen LogP contribution >= 0.6 is 0 Å². The molecule has 0 N–H and O–H groups in total. The number of hydrogen-bond donors (Lipinski definition) is 0. The number of alkyl halides is 3. The monoisotopic (exact) mass is 273 g/mol. The van der Waals surface area contributed by atoms with E-state index in [1.807, 2.05) is 6.08 Å². The highest BCUT2D eigenvalue weighted by atomic mass is 19.4. The van der Waals surface area contributed by atoms with E-state index < -0.39 is 29.0 Å². The van der Waals surface area contributed by atoms with E-state index in [2.05, 4.69) is 0 Å². The number of halogens is 4. The lowest BCUT2D eigenvalue weighted by Crippen LogP contribution is -2.34. The number of benzene rings is 1. The van der Waals surface area contributed by atoms with Crippen LogP contribution in [0.4, 0.5) is 17.6 Å². The van der Waals surface area contributed by atoms with Gasteiger partial charge in [-0.2, -0.15) is 13.2 Å². The van der Waals surface area contributed by atoms with E-state index in [0.717, 1.165) is 0 Å². The molecule has 0 spiro atoms. The van der Waals surface area contributed by atoms with E-state index in [-0.39, 0.29) is 6.54 Å². The van der Waals surface area contributed by atoms with E-state index in [1.165, 1.54) is 4.90 Å². The van der Waals surface area contributed by atoms with Gasteiger partial charge in [0.05, 0.1) is 11.1 Å². The van der Waals surface area contributed by atoms with Gasteiger partial charge in [0.15, 0.2) is 0 Å². The third kappa shape index (κ3) is 2.94. The molecule has 0 atom stereocenters. The maximum Gasteiger partial charge on any atom is 0.416 e. The summed E-state index contributed by atoms with van der Waals surface area (Å²) in [6.45, 7) is 0.666. The molecular formula is C13H11F4NO. The Hall–Kier alpha value is -1.85. The molecule has 2 nitrogen and oxygen atoms in total. The van der Waals surface area contributed by atoms with Gasteiger partial charge in [0.2, 0.25) is 0 Å². The molecular weight excluding hydrogens is 262 g/mol. The van der Waals surface area contributed by atoms with Crippen molar-refractivity contribution in [2.45, 2.75) is 12.6 Å². The first-order chi connectivity index (χ1) is 8.89. The van der Waals surface area contributed by atoms with Gasteiger partial charge in [-0.1, -0.05) is 12.2 Å². The van der Waals surface area contributed by atoms with E-state index in [0.29, 0.717) is 31.2 Å². The Morgan fingerprint density at radius 2 is 1.95 bits per heavy atom. The second kappa shape index (κ2) is 5.03. The molecule has 0 bridgehead atoms. The van der Waals surface area contributed by atoms with Crippen LogP contribution in [0.25, 0.3) is 0 Å². The van der Waals surface area contributed by atoms with Crippen molar-refractivity contribution in [1.29, 1.82) is 0 Å². The molecule has 2 rings (SSSR count). The summed E-state index contributed by atoms with van der Waals surface area (Å²) < 4.78 is 51.2. The summed E-state index contributed by atoms with van der Waals surface area (Å²) in [6, 6.07) is 1.87. The topological polar surface area (TPSA) is 20.3 Å². The smallest absolute Gasteiger partial charge is 0.335 e. The summed E-state index contributed by atoms with van der Waals surface area (Å²) in [6.07, 6.45) is -0.379. The lowest BCUT2D eigenvalue weighted by Gasteiger charge is -2.23. The van der Waals surface area contributed by atoms with Crippen molar-refractivity contribution in [2.24, 2.45) is 0 Å². The number of nitrogens with zero attached hydrogens (tertiary/aromatic N) is 1. The SMILES string of the molecule is O=C(c1cc(C(F)(F)F)ccc1F)N1CC=CCC1. The fourth-order valence-corrected chi connectivity index (χ4v) is 1.86. The summed E-state index contributed by atoms with van der Waals surface area (Å²) in [4.78, 5) is 13.3. The zero-order valence-corrected chi connectivity index (χ0v) is 9.88. The van der Waals surface area contributed by atoms with Crippen LogP contribution in [0.3, 0.4) is 0 Å². The first kappa shape index (κ1) is 13.6. The Balaban J connectivity index is 2.33. The molecule has 1 aromatic rings. The van der Waals surface area contributed by atoms with Gasteiger partial charge >= 0.3 is 6.18 Å². The number of rotatable bonds is 1. The minimum Gasteiger partial charge on any atom is -0.335 e. The standard InChI is InChI=1S/C13H11F4NO/c14-11-5-4-9(13(15,16)17)8-10(11)12(19)18-6-2-1-3-7-18/h1-2,4-5,8H,3,6-7H2. The van der Waals surface area contributed by atoms with Crippen LogP contribution in [0.2, 0.25) is 0 Å². The molecule has 0 saturated carbocycles. The number of amides is 1. The van der Waals surface area contributed by atoms with Crippen molar-refractivity contribution < 1.29 is 22.4 Å². The molecule has 0 radical (unpaired) electrons. The average molecular weight is 273 g/mol. The largest absolute Gasteiger partial charge is 0.416 e. The second-order valence-corrected chi connectivity index (χ2v) is 4.20. The Morgan fingerprint density at radius 1 is 1.21 bits per heavy atom. The molecule has 0 aromatic heterocycles. The average Bonchev–Trinajstić information content (AvgIpc) is 2.38. The number of hydrogen-bond acceptors (Lipinski definition) is 1. The second-order valence-electron chi connectivity index (χ2n) is 4.20. The molecule has 102 valence electrons. The van der Waals surface area contributed by atoms with Crippen LogP contribution in [0, 0.1) is 5.82 Å². The van der Waals surface area contributed by atoms with Crippen LogP contribution in [0.5, 0.6) is 0 Å². The van der Waals surface area contributed by atoms with Gasteiger partial charge in [0.1, 0.15) is 5.82 Å². The van der Waals surface area contributed by atoms with Gasteiger partial charge in [-0.05, 0) is 24.6 Å². The van der Waals surface area contributed by atoms with Gasteiger partial charge in [-0.25, -0.2) is 4.39 Å². The van der Waals surface area contributed by atoms with E-state index in [9.17, 15) is 22.4 Å². The highest BCUT2D eigenvalue weighted by Gasteiger charge is 2.32. The van der Waals surface area contributed by atoms with Gasteiger partial charge in [0.25, 0.3) is 5.91 Å². The summed E-state index contributed by atoms with van der Waals surface area (Å²) in [5, 5.41) is 0. The zero-order chi connectivity index (χ0) is 14.0. The molecule has 1 aromatic carbocycles. The number of carbonyl (C=O) groups is 1. The molecule has 1 aliphatic heterocycles. The van der Waals surface area contributed by atoms with Crippen LogP contribution in [0.1, 0.15) is 22.3 Å². The molecule has 0 saturated heterocycles. The van der Waals surface area contributed by atoms with Crippen molar-refractivity contribution in [1.82, 2.24) is 4.90 Å². The molecule has 1 aliphatic rings. The van der Waals surface area contributed by atoms with Gasteiger partial charge in [-0.3, -0.25) is 4.79 Å². The molecule has 19 heavy (non-hydrogen) atoms. The summed E-state index contributed by atoms with van der Waals surface area (Å²) in [5.74, 6) is -1.65. The first-order valence-corrected chi connectivity index (χ1v) is 5.70. The predicted molar refractivity (Wildman–Crippen MR) is 61.1 cm³/mol. The van der Waals surface area contributed by atoms with Crippen LogP contribution in [-0.2, 0) is 6.18 Å². The third-order valence-electron chi connectivity index (χ3n) is 2.87. The minimum absolute atomic E-state index is 0.286. The third-order valence-corrected chi connectivity index (χ3v) is 2.87. The molecule has 6 heteroatoms. The van der Waals surface area contributed by atoms with E-state index in [1.54, 1.807) is 6.08 Å². The van der Waals surface area contributed by atoms with Crippen LogP contribution in [-0.4, -0.2) is 23.9 Å². The minimum atomic E-state index is -4.59. The van der Waals surface area contributed by atoms with E-state index in [4.69, 9.17) is 0 Å². The molecule has 1 amide bonds.